The number of rotatable bonds is 7. The van der Waals surface area contributed by atoms with E-state index >= 15 is 0 Å². The van der Waals surface area contributed by atoms with Crippen molar-refractivity contribution < 1.29 is 14.3 Å². The second kappa shape index (κ2) is 12.3. The van der Waals surface area contributed by atoms with E-state index < -0.39 is 0 Å². The first-order chi connectivity index (χ1) is 19.0. The second-order valence-electron chi connectivity index (χ2n) is 9.52. The lowest BCUT2D eigenvalue weighted by atomic mass is 9.97. The van der Waals surface area contributed by atoms with Gasteiger partial charge < -0.3 is 20.3 Å². The summed E-state index contributed by atoms with van der Waals surface area (Å²) in [6.07, 6.45) is 0. The van der Waals surface area contributed by atoms with Crippen LogP contribution in [0.15, 0.2) is 95.5 Å². The predicted molar refractivity (Wildman–Crippen MR) is 159 cm³/mol. The zero-order chi connectivity index (χ0) is 27.2. The lowest BCUT2D eigenvalue weighted by molar-refractivity contribution is 0.0950. The normalized spacial score (nSPS) is 13.1. The molecular weight excluding hydrogens is 554 g/mol. The minimum atomic E-state index is -0.168. The first kappa shape index (κ1) is 26.7. The zero-order valence-electron chi connectivity index (χ0n) is 21.7. The van der Waals surface area contributed by atoms with Gasteiger partial charge in [0.1, 0.15) is 0 Å². The summed E-state index contributed by atoms with van der Waals surface area (Å²) in [6, 6.07) is 28.9. The minimum absolute atomic E-state index is 0.133. The van der Waals surface area contributed by atoms with Gasteiger partial charge in [-0.15, -0.1) is 0 Å². The van der Waals surface area contributed by atoms with Crippen LogP contribution in [0.3, 0.4) is 0 Å². The molecular formula is C32H30BrN3O3. The van der Waals surface area contributed by atoms with Crippen molar-refractivity contribution in [3.63, 3.8) is 0 Å². The molecule has 0 saturated carbocycles. The minimum Gasteiger partial charge on any atom is -0.378 e. The molecule has 0 bridgehead atoms. The van der Waals surface area contributed by atoms with Gasteiger partial charge in [-0.25, -0.2) is 0 Å². The van der Waals surface area contributed by atoms with Crippen LogP contribution in [0.2, 0.25) is 0 Å². The molecule has 0 aliphatic carbocycles. The lowest BCUT2D eigenvalue weighted by Crippen LogP contribution is -2.36. The van der Waals surface area contributed by atoms with E-state index in [1.807, 2.05) is 97.9 Å². The molecule has 1 saturated heterocycles. The quantitative estimate of drug-likeness (QED) is 0.262. The van der Waals surface area contributed by atoms with Gasteiger partial charge in [-0.2, -0.15) is 0 Å². The van der Waals surface area contributed by atoms with Gasteiger partial charge in [0.15, 0.2) is 0 Å². The fourth-order valence-corrected chi connectivity index (χ4v) is 5.03. The lowest BCUT2D eigenvalue weighted by Gasteiger charge is -2.28. The number of carbonyl (C=O) groups is 2. The predicted octanol–water partition coefficient (Wildman–Crippen LogP) is 6.44. The Morgan fingerprint density at radius 3 is 2.28 bits per heavy atom. The van der Waals surface area contributed by atoms with E-state index in [1.54, 1.807) is 0 Å². The number of ether oxygens (including phenoxy) is 1. The summed E-state index contributed by atoms with van der Waals surface area (Å²) < 4.78 is 6.40. The maximum absolute atomic E-state index is 13.1. The van der Waals surface area contributed by atoms with E-state index in [9.17, 15) is 9.59 Å². The fraction of sp³-hybridized carbons (Fsp3) is 0.188. The molecule has 1 aliphatic heterocycles. The van der Waals surface area contributed by atoms with Crippen LogP contribution in [0, 0.1) is 6.92 Å². The fourth-order valence-electron chi connectivity index (χ4n) is 4.59. The molecule has 2 amide bonds. The highest BCUT2D eigenvalue weighted by Crippen LogP contribution is 2.26. The smallest absolute Gasteiger partial charge is 0.255 e. The van der Waals surface area contributed by atoms with Crippen LogP contribution in [0.4, 0.5) is 11.4 Å². The molecule has 0 spiro atoms. The molecule has 5 rings (SSSR count). The third kappa shape index (κ3) is 6.74. The number of benzene rings is 4. The van der Waals surface area contributed by atoms with Crippen LogP contribution in [-0.2, 0) is 11.3 Å². The zero-order valence-corrected chi connectivity index (χ0v) is 23.3. The molecule has 7 heteroatoms. The third-order valence-corrected chi connectivity index (χ3v) is 7.29. The van der Waals surface area contributed by atoms with Gasteiger partial charge in [-0.3, -0.25) is 9.59 Å². The molecule has 6 nitrogen and oxygen atoms in total. The van der Waals surface area contributed by atoms with Crippen LogP contribution in [0.5, 0.6) is 0 Å². The standard InChI is InChI=1S/C32H30BrN3O3/c1-22-5-6-26(32(38)35-28-11-13-29(14-12-28)36-15-17-39-18-16-36)20-30(22)24-7-9-25(10-8-24)31(37)34-21-23-3-2-4-27(33)19-23/h2-14,19-20H,15-18,21H2,1H3,(H,34,37)(H,35,38). The Labute approximate surface area is 237 Å². The highest BCUT2D eigenvalue weighted by molar-refractivity contribution is 9.10. The number of morpholine rings is 1. The Kier molecular flexibility index (Phi) is 8.39. The van der Waals surface area contributed by atoms with Crippen LogP contribution < -0.4 is 15.5 Å². The summed E-state index contributed by atoms with van der Waals surface area (Å²) >= 11 is 3.45. The number of anilines is 2. The van der Waals surface area contributed by atoms with Gasteiger partial charge in [0.25, 0.3) is 11.8 Å². The van der Waals surface area contributed by atoms with E-state index in [4.69, 9.17) is 4.74 Å². The van der Waals surface area contributed by atoms with Crippen molar-refractivity contribution in [2.75, 3.05) is 36.5 Å². The first-order valence-electron chi connectivity index (χ1n) is 12.9. The highest BCUT2D eigenvalue weighted by atomic mass is 79.9. The largest absolute Gasteiger partial charge is 0.378 e. The third-order valence-electron chi connectivity index (χ3n) is 6.80. The van der Waals surface area contributed by atoms with Crippen molar-refractivity contribution in [3.8, 4) is 11.1 Å². The average molecular weight is 585 g/mol. The Morgan fingerprint density at radius 2 is 1.56 bits per heavy atom. The van der Waals surface area contributed by atoms with Crippen LogP contribution in [-0.4, -0.2) is 38.1 Å². The molecule has 2 N–H and O–H groups in total. The summed E-state index contributed by atoms with van der Waals surface area (Å²) in [7, 11) is 0. The second-order valence-corrected chi connectivity index (χ2v) is 10.4. The molecule has 0 unspecified atom stereocenters. The number of aryl methyl sites for hydroxylation is 1. The molecule has 1 aliphatic rings. The molecule has 1 fully saturated rings. The Bertz CT molecular complexity index is 1460. The number of hydrogen-bond donors (Lipinski definition) is 2. The Balaban J connectivity index is 1.24. The molecule has 1 heterocycles. The summed E-state index contributed by atoms with van der Waals surface area (Å²) in [4.78, 5) is 28.0. The molecule has 0 radical (unpaired) electrons. The van der Waals surface area contributed by atoms with Gasteiger partial charge in [0.2, 0.25) is 0 Å². The van der Waals surface area contributed by atoms with Gasteiger partial charge in [0, 0.05) is 46.6 Å². The van der Waals surface area contributed by atoms with Crippen molar-refractivity contribution in [1.29, 1.82) is 0 Å². The number of carbonyl (C=O) groups excluding carboxylic acids is 2. The first-order valence-corrected chi connectivity index (χ1v) is 13.7. The van der Waals surface area contributed by atoms with Crippen LogP contribution in [0.1, 0.15) is 31.8 Å². The average Bonchev–Trinajstić information content (AvgIpc) is 2.97. The maximum atomic E-state index is 13.1. The summed E-state index contributed by atoms with van der Waals surface area (Å²) in [6.45, 7) is 5.67. The van der Waals surface area contributed by atoms with Crippen molar-refractivity contribution in [3.05, 3.63) is 118 Å². The molecule has 4 aromatic rings. The van der Waals surface area contributed by atoms with E-state index in [0.29, 0.717) is 17.7 Å². The number of nitrogens with one attached hydrogen (secondary N) is 2. The van der Waals surface area contributed by atoms with Gasteiger partial charge >= 0.3 is 0 Å². The van der Waals surface area contributed by atoms with E-state index in [2.05, 4.69) is 31.5 Å². The van der Waals surface area contributed by atoms with Gasteiger partial charge in [-0.05, 0) is 89.8 Å². The topological polar surface area (TPSA) is 70.7 Å². The summed E-state index contributed by atoms with van der Waals surface area (Å²) in [5, 5.41) is 5.96. The monoisotopic (exact) mass is 583 g/mol. The Morgan fingerprint density at radius 1 is 0.846 bits per heavy atom. The number of nitrogens with zero attached hydrogens (tertiary/aromatic N) is 1. The molecule has 4 aromatic carbocycles. The highest BCUT2D eigenvalue weighted by Gasteiger charge is 2.13. The van der Waals surface area contributed by atoms with Crippen LogP contribution in [0.25, 0.3) is 11.1 Å². The SMILES string of the molecule is Cc1ccc(C(=O)Nc2ccc(N3CCOCC3)cc2)cc1-c1ccc(C(=O)NCc2cccc(Br)c2)cc1. The van der Waals surface area contributed by atoms with Crippen molar-refractivity contribution in [1.82, 2.24) is 5.32 Å². The molecule has 0 atom stereocenters. The molecule has 0 aromatic heterocycles. The Hall–Kier alpha value is -3.94. The summed E-state index contributed by atoms with van der Waals surface area (Å²) in [5.41, 5.74) is 6.99. The van der Waals surface area contributed by atoms with Crippen molar-refractivity contribution in [2.24, 2.45) is 0 Å². The number of amides is 2. The maximum Gasteiger partial charge on any atom is 0.255 e. The molecule has 198 valence electrons. The summed E-state index contributed by atoms with van der Waals surface area (Å²) in [5.74, 6) is -0.301. The van der Waals surface area contributed by atoms with E-state index in [0.717, 1.165) is 64.4 Å². The van der Waals surface area contributed by atoms with Crippen molar-refractivity contribution in [2.45, 2.75) is 13.5 Å². The van der Waals surface area contributed by atoms with Crippen LogP contribution >= 0.6 is 15.9 Å². The van der Waals surface area contributed by atoms with Gasteiger partial charge in [-0.1, -0.05) is 46.3 Å². The number of hydrogen-bond acceptors (Lipinski definition) is 4. The van der Waals surface area contributed by atoms with Gasteiger partial charge in [0.05, 0.1) is 13.2 Å². The van der Waals surface area contributed by atoms with E-state index in [1.165, 1.54) is 0 Å². The van der Waals surface area contributed by atoms with Crippen molar-refractivity contribution >= 4 is 39.1 Å². The van der Waals surface area contributed by atoms with E-state index in [-0.39, 0.29) is 11.8 Å². The molecule has 39 heavy (non-hydrogen) atoms. The number of halogens is 1.